The lowest BCUT2D eigenvalue weighted by molar-refractivity contribution is -0.0308. The van der Waals surface area contributed by atoms with Gasteiger partial charge in [0.2, 0.25) is 0 Å². The van der Waals surface area contributed by atoms with Gasteiger partial charge in [0.1, 0.15) is 0 Å². The highest BCUT2D eigenvalue weighted by Crippen LogP contribution is 2.45. The van der Waals surface area contributed by atoms with E-state index in [0.717, 1.165) is 18.4 Å². The highest BCUT2D eigenvalue weighted by Gasteiger charge is 2.47. The molecule has 1 saturated heterocycles. The maximum atomic E-state index is 6.06. The largest absolute Gasteiger partial charge is 0.329 e. The van der Waals surface area contributed by atoms with E-state index in [0.29, 0.717) is 5.54 Å². The van der Waals surface area contributed by atoms with E-state index in [1.807, 2.05) is 0 Å². The van der Waals surface area contributed by atoms with Gasteiger partial charge in [0.15, 0.2) is 0 Å². The third-order valence-corrected chi connectivity index (χ3v) is 5.55. The van der Waals surface area contributed by atoms with Crippen LogP contribution in [0.3, 0.4) is 0 Å². The molecule has 1 aliphatic heterocycles. The van der Waals surface area contributed by atoms with Crippen molar-refractivity contribution in [2.24, 2.45) is 17.6 Å². The molecule has 2 rings (SSSR count). The fraction of sp³-hybridized carbons (Fsp3) is 1.00. The quantitative estimate of drug-likeness (QED) is 0.822. The minimum atomic E-state index is 0.375. The Morgan fingerprint density at radius 2 is 2.06 bits per heavy atom. The molecule has 1 heterocycles. The minimum Gasteiger partial charge on any atom is -0.329 e. The summed E-state index contributed by atoms with van der Waals surface area (Å²) >= 11 is 2.11. The molecule has 16 heavy (non-hydrogen) atoms. The lowest BCUT2D eigenvalue weighted by Crippen LogP contribution is -2.63. The van der Waals surface area contributed by atoms with E-state index in [1.165, 1.54) is 43.9 Å². The first-order valence-corrected chi connectivity index (χ1v) is 7.86. The zero-order valence-electron chi connectivity index (χ0n) is 10.7. The summed E-state index contributed by atoms with van der Waals surface area (Å²) in [4.78, 5) is 2.70. The molecule has 0 spiro atoms. The van der Waals surface area contributed by atoms with Gasteiger partial charge in [-0.3, -0.25) is 4.90 Å². The smallest absolute Gasteiger partial charge is 0.0337 e. The third-order valence-electron chi connectivity index (χ3n) is 4.50. The van der Waals surface area contributed by atoms with Crippen molar-refractivity contribution in [3.63, 3.8) is 0 Å². The van der Waals surface area contributed by atoms with Gasteiger partial charge in [-0.2, -0.15) is 11.8 Å². The standard InChI is InChI=1S/C13H26N2S/c1-11(2)12-8-13(9-12,10-14)15-4-3-6-16-7-5-15/h11-12H,3-10,14H2,1-2H3. The first kappa shape index (κ1) is 12.7. The molecule has 2 N–H and O–H groups in total. The van der Waals surface area contributed by atoms with Gasteiger partial charge in [0.05, 0.1) is 0 Å². The van der Waals surface area contributed by atoms with Crippen LogP contribution < -0.4 is 5.73 Å². The average molecular weight is 242 g/mol. The summed E-state index contributed by atoms with van der Waals surface area (Å²) in [6, 6.07) is 0. The van der Waals surface area contributed by atoms with Crippen LogP contribution in [0.1, 0.15) is 33.1 Å². The first-order valence-electron chi connectivity index (χ1n) is 6.71. The van der Waals surface area contributed by atoms with Crippen molar-refractivity contribution >= 4 is 11.8 Å². The third kappa shape index (κ3) is 2.41. The number of thioether (sulfide) groups is 1. The van der Waals surface area contributed by atoms with Gasteiger partial charge in [-0.25, -0.2) is 0 Å². The number of nitrogens with two attached hydrogens (primary N) is 1. The Kier molecular flexibility index (Phi) is 4.20. The molecule has 0 aromatic carbocycles. The predicted octanol–water partition coefficient (Wildman–Crippen LogP) is 2.19. The Hall–Kier alpha value is 0.270. The SMILES string of the molecule is CC(C)C1CC(CN)(N2CCCSCC2)C1. The second-order valence-corrected chi connectivity index (χ2v) is 7.02. The lowest BCUT2D eigenvalue weighted by Gasteiger charge is -2.55. The van der Waals surface area contributed by atoms with Crippen molar-refractivity contribution in [1.82, 2.24) is 4.90 Å². The van der Waals surface area contributed by atoms with Gasteiger partial charge in [0.25, 0.3) is 0 Å². The van der Waals surface area contributed by atoms with E-state index in [-0.39, 0.29) is 0 Å². The molecule has 0 radical (unpaired) electrons. The van der Waals surface area contributed by atoms with Crippen molar-refractivity contribution in [2.45, 2.75) is 38.6 Å². The zero-order valence-corrected chi connectivity index (χ0v) is 11.6. The van der Waals surface area contributed by atoms with Crippen LogP contribution in [0.25, 0.3) is 0 Å². The number of nitrogens with zero attached hydrogens (tertiary/aromatic N) is 1. The molecule has 1 aliphatic carbocycles. The highest BCUT2D eigenvalue weighted by molar-refractivity contribution is 7.99. The second kappa shape index (κ2) is 5.28. The normalized spacial score (nSPS) is 37.1. The summed E-state index contributed by atoms with van der Waals surface area (Å²) in [6.07, 6.45) is 4.02. The van der Waals surface area contributed by atoms with Crippen LogP contribution in [0.15, 0.2) is 0 Å². The van der Waals surface area contributed by atoms with E-state index in [4.69, 9.17) is 5.73 Å². The van der Waals surface area contributed by atoms with Crippen LogP contribution in [0.2, 0.25) is 0 Å². The highest BCUT2D eigenvalue weighted by atomic mass is 32.2. The Balaban J connectivity index is 1.94. The number of hydrogen-bond acceptors (Lipinski definition) is 3. The van der Waals surface area contributed by atoms with Crippen molar-refractivity contribution < 1.29 is 0 Å². The molecule has 2 nitrogen and oxygen atoms in total. The predicted molar refractivity (Wildman–Crippen MR) is 72.9 cm³/mol. The van der Waals surface area contributed by atoms with Gasteiger partial charge >= 0.3 is 0 Å². The van der Waals surface area contributed by atoms with Crippen LogP contribution in [-0.2, 0) is 0 Å². The molecule has 0 unspecified atom stereocenters. The second-order valence-electron chi connectivity index (χ2n) is 5.79. The van der Waals surface area contributed by atoms with E-state index in [1.54, 1.807) is 0 Å². The van der Waals surface area contributed by atoms with Crippen molar-refractivity contribution in [2.75, 3.05) is 31.1 Å². The Morgan fingerprint density at radius 1 is 1.31 bits per heavy atom. The van der Waals surface area contributed by atoms with Crippen LogP contribution in [-0.4, -0.2) is 41.6 Å². The summed E-state index contributed by atoms with van der Waals surface area (Å²) in [5.74, 6) is 4.39. The van der Waals surface area contributed by atoms with Gasteiger partial charge < -0.3 is 5.73 Å². The average Bonchev–Trinajstić information content (AvgIpc) is 2.45. The molecule has 0 atom stereocenters. The number of rotatable bonds is 3. The van der Waals surface area contributed by atoms with Gasteiger partial charge in [0, 0.05) is 24.4 Å². The monoisotopic (exact) mass is 242 g/mol. The van der Waals surface area contributed by atoms with Crippen LogP contribution in [0, 0.1) is 11.8 Å². The fourth-order valence-corrected chi connectivity index (χ4v) is 4.05. The van der Waals surface area contributed by atoms with E-state index < -0.39 is 0 Å². The van der Waals surface area contributed by atoms with Crippen LogP contribution >= 0.6 is 11.8 Å². The Morgan fingerprint density at radius 3 is 2.69 bits per heavy atom. The lowest BCUT2D eigenvalue weighted by atomic mass is 9.63. The summed E-state index contributed by atoms with van der Waals surface area (Å²) in [5.41, 5.74) is 6.44. The number of hydrogen-bond donors (Lipinski definition) is 1. The maximum absolute atomic E-state index is 6.06. The van der Waals surface area contributed by atoms with Gasteiger partial charge in [-0.05, 0) is 43.4 Å². The summed E-state index contributed by atoms with van der Waals surface area (Å²) in [5, 5.41) is 0. The van der Waals surface area contributed by atoms with E-state index >= 15 is 0 Å². The molecule has 0 amide bonds. The molecule has 0 aromatic rings. The van der Waals surface area contributed by atoms with Crippen molar-refractivity contribution in [1.29, 1.82) is 0 Å². The molecule has 0 aromatic heterocycles. The summed E-state index contributed by atoms with van der Waals surface area (Å²) in [7, 11) is 0. The van der Waals surface area contributed by atoms with Crippen LogP contribution in [0.5, 0.6) is 0 Å². The van der Waals surface area contributed by atoms with Crippen molar-refractivity contribution in [3.8, 4) is 0 Å². The Labute approximate surface area is 104 Å². The maximum Gasteiger partial charge on any atom is 0.0337 e. The van der Waals surface area contributed by atoms with E-state index in [9.17, 15) is 0 Å². The molecule has 2 fully saturated rings. The Bertz CT molecular complexity index is 216. The topological polar surface area (TPSA) is 29.3 Å². The molecule has 94 valence electrons. The first-order chi connectivity index (χ1) is 7.68. The van der Waals surface area contributed by atoms with Gasteiger partial charge in [-0.15, -0.1) is 0 Å². The van der Waals surface area contributed by atoms with Crippen molar-refractivity contribution in [3.05, 3.63) is 0 Å². The fourth-order valence-electron chi connectivity index (χ4n) is 3.16. The molecular formula is C13H26N2S. The molecule has 3 heteroatoms. The summed E-state index contributed by atoms with van der Waals surface area (Å²) in [6.45, 7) is 8.09. The molecule has 0 bridgehead atoms. The van der Waals surface area contributed by atoms with E-state index in [2.05, 4.69) is 30.5 Å². The zero-order chi connectivity index (χ0) is 11.6. The molecule has 1 saturated carbocycles. The molecule has 2 aliphatic rings. The summed E-state index contributed by atoms with van der Waals surface area (Å²) < 4.78 is 0. The minimum absolute atomic E-state index is 0.375. The van der Waals surface area contributed by atoms with Crippen LogP contribution in [0.4, 0.5) is 0 Å². The molecular weight excluding hydrogens is 216 g/mol. The van der Waals surface area contributed by atoms with Gasteiger partial charge in [-0.1, -0.05) is 13.8 Å².